The van der Waals surface area contributed by atoms with E-state index in [9.17, 15) is 4.79 Å². The van der Waals surface area contributed by atoms with E-state index in [1.165, 1.54) is 0 Å². The highest BCUT2D eigenvalue weighted by molar-refractivity contribution is 5.97. The fourth-order valence-corrected chi connectivity index (χ4v) is 1.69. The molecule has 2 heteroatoms. The molecule has 0 saturated carbocycles. The van der Waals surface area contributed by atoms with Crippen LogP contribution in [0.5, 0.6) is 5.75 Å². The lowest BCUT2D eigenvalue weighted by Gasteiger charge is -2.08. The summed E-state index contributed by atoms with van der Waals surface area (Å²) in [6, 6.07) is 7.69. The van der Waals surface area contributed by atoms with E-state index in [2.05, 4.69) is 0 Å². The van der Waals surface area contributed by atoms with Crippen LogP contribution in [0, 0.1) is 0 Å². The first-order valence-corrected chi connectivity index (χ1v) is 4.65. The van der Waals surface area contributed by atoms with Gasteiger partial charge in [0.05, 0.1) is 13.0 Å². The summed E-state index contributed by atoms with van der Waals surface area (Å²) >= 11 is 0. The topological polar surface area (TPSA) is 26.3 Å². The molecule has 0 fully saturated rings. The number of hydrogen-bond acceptors (Lipinski definition) is 2. The van der Waals surface area contributed by atoms with E-state index in [-0.39, 0.29) is 11.7 Å². The Hall–Kier alpha value is -1.57. The average molecular weight is 188 g/mol. The maximum Gasteiger partial charge on any atom is 0.163 e. The van der Waals surface area contributed by atoms with Gasteiger partial charge in [0.25, 0.3) is 0 Å². The molecule has 0 aromatic heterocycles. The number of hydrogen-bond donors (Lipinski definition) is 0. The SMILES string of the molecule is COc1ccc(C2CC=CC2=O)cc1. The average Bonchev–Trinajstić information content (AvgIpc) is 2.65. The first kappa shape index (κ1) is 9.00. The first-order valence-electron chi connectivity index (χ1n) is 4.65. The minimum Gasteiger partial charge on any atom is -0.497 e. The van der Waals surface area contributed by atoms with Crippen LogP contribution in [0.4, 0.5) is 0 Å². The van der Waals surface area contributed by atoms with Crippen molar-refractivity contribution in [1.82, 2.24) is 0 Å². The van der Waals surface area contributed by atoms with Gasteiger partial charge in [0, 0.05) is 0 Å². The number of benzene rings is 1. The van der Waals surface area contributed by atoms with Gasteiger partial charge in [-0.05, 0) is 30.2 Å². The predicted molar refractivity (Wildman–Crippen MR) is 54.5 cm³/mol. The quantitative estimate of drug-likeness (QED) is 0.711. The molecule has 0 aliphatic heterocycles. The molecular formula is C12H12O2. The van der Waals surface area contributed by atoms with Crippen molar-refractivity contribution in [2.24, 2.45) is 0 Å². The highest BCUT2D eigenvalue weighted by Gasteiger charge is 2.20. The molecule has 0 N–H and O–H groups in total. The Bertz CT molecular complexity index is 362. The summed E-state index contributed by atoms with van der Waals surface area (Å²) in [5, 5.41) is 0. The number of methoxy groups -OCH3 is 1. The Morgan fingerprint density at radius 1 is 1.29 bits per heavy atom. The molecule has 1 aromatic carbocycles. The molecule has 0 spiro atoms. The molecule has 1 aliphatic carbocycles. The van der Waals surface area contributed by atoms with Crippen LogP contribution in [0.1, 0.15) is 17.9 Å². The fraction of sp³-hybridized carbons (Fsp3) is 0.250. The summed E-state index contributed by atoms with van der Waals surface area (Å²) in [6.45, 7) is 0. The Labute approximate surface area is 83.2 Å². The molecule has 1 aliphatic rings. The van der Waals surface area contributed by atoms with Crippen LogP contribution in [-0.4, -0.2) is 12.9 Å². The molecule has 2 rings (SSSR count). The maximum absolute atomic E-state index is 11.4. The first-order chi connectivity index (χ1) is 6.81. The van der Waals surface area contributed by atoms with Crippen molar-refractivity contribution < 1.29 is 9.53 Å². The molecule has 0 amide bonds. The van der Waals surface area contributed by atoms with Crippen molar-refractivity contribution >= 4 is 5.78 Å². The van der Waals surface area contributed by atoms with Crippen LogP contribution in [-0.2, 0) is 4.79 Å². The van der Waals surface area contributed by atoms with Crippen LogP contribution in [0.2, 0.25) is 0 Å². The van der Waals surface area contributed by atoms with Gasteiger partial charge in [0.2, 0.25) is 0 Å². The lowest BCUT2D eigenvalue weighted by atomic mass is 9.96. The second-order valence-corrected chi connectivity index (χ2v) is 3.37. The van der Waals surface area contributed by atoms with Crippen molar-refractivity contribution in [3.05, 3.63) is 42.0 Å². The third-order valence-corrected chi connectivity index (χ3v) is 2.52. The van der Waals surface area contributed by atoms with Crippen LogP contribution in [0.25, 0.3) is 0 Å². The number of carbonyl (C=O) groups excluding carboxylic acids is 1. The lowest BCUT2D eigenvalue weighted by molar-refractivity contribution is -0.115. The zero-order valence-corrected chi connectivity index (χ0v) is 8.07. The molecule has 1 unspecified atom stereocenters. The number of carbonyl (C=O) groups is 1. The number of ketones is 1. The van der Waals surface area contributed by atoms with Gasteiger partial charge >= 0.3 is 0 Å². The smallest absolute Gasteiger partial charge is 0.163 e. The molecule has 1 atom stereocenters. The normalized spacial score (nSPS) is 20.1. The Morgan fingerprint density at radius 2 is 2.00 bits per heavy atom. The van der Waals surface area contributed by atoms with E-state index >= 15 is 0 Å². The third kappa shape index (κ3) is 1.55. The van der Waals surface area contributed by atoms with Crippen molar-refractivity contribution in [2.45, 2.75) is 12.3 Å². The second kappa shape index (κ2) is 3.66. The van der Waals surface area contributed by atoms with Gasteiger partial charge in [-0.3, -0.25) is 4.79 Å². The Kier molecular flexibility index (Phi) is 2.35. The molecule has 0 bridgehead atoms. The van der Waals surface area contributed by atoms with Crippen LogP contribution >= 0.6 is 0 Å². The summed E-state index contributed by atoms with van der Waals surface area (Å²) in [7, 11) is 1.64. The van der Waals surface area contributed by atoms with Crippen molar-refractivity contribution in [3.63, 3.8) is 0 Å². The largest absolute Gasteiger partial charge is 0.497 e. The zero-order chi connectivity index (χ0) is 9.97. The number of rotatable bonds is 2. The summed E-state index contributed by atoms with van der Waals surface area (Å²) < 4.78 is 5.06. The van der Waals surface area contributed by atoms with E-state index < -0.39 is 0 Å². The Balaban J connectivity index is 2.21. The highest BCUT2D eigenvalue weighted by Crippen LogP contribution is 2.27. The van der Waals surface area contributed by atoms with Crippen molar-refractivity contribution in [1.29, 1.82) is 0 Å². The van der Waals surface area contributed by atoms with Gasteiger partial charge in [-0.25, -0.2) is 0 Å². The standard InChI is InChI=1S/C12H12O2/c1-14-10-7-5-9(6-8-10)11-3-2-4-12(11)13/h2,4-8,11H,3H2,1H3. The van der Waals surface area contributed by atoms with E-state index in [1.807, 2.05) is 30.3 Å². The predicted octanol–water partition coefficient (Wildman–Crippen LogP) is 2.31. The lowest BCUT2D eigenvalue weighted by Crippen LogP contribution is -2.04. The van der Waals surface area contributed by atoms with Crippen LogP contribution in [0.3, 0.4) is 0 Å². The molecule has 0 heterocycles. The summed E-state index contributed by atoms with van der Waals surface area (Å²) in [6.07, 6.45) is 4.41. The van der Waals surface area contributed by atoms with Gasteiger partial charge in [0.1, 0.15) is 5.75 Å². The van der Waals surface area contributed by atoms with Gasteiger partial charge in [0.15, 0.2) is 5.78 Å². The van der Waals surface area contributed by atoms with Crippen molar-refractivity contribution in [3.8, 4) is 5.75 Å². The molecule has 72 valence electrons. The minimum atomic E-state index is 0.0286. The van der Waals surface area contributed by atoms with Gasteiger partial charge in [-0.2, -0.15) is 0 Å². The zero-order valence-electron chi connectivity index (χ0n) is 8.07. The maximum atomic E-state index is 11.4. The number of allylic oxidation sites excluding steroid dienone is 2. The van der Waals surface area contributed by atoms with Gasteiger partial charge in [-0.1, -0.05) is 18.2 Å². The van der Waals surface area contributed by atoms with Crippen molar-refractivity contribution in [2.75, 3.05) is 7.11 Å². The van der Waals surface area contributed by atoms with Gasteiger partial charge < -0.3 is 4.74 Å². The second-order valence-electron chi connectivity index (χ2n) is 3.37. The molecule has 14 heavy (non-hydrogen) atoms. The summed E-state index contributed by atoms with van der Waals surface area (Å²) in [5.41, 5.74) is 1.07. The third-order valence-electron chi connectivity index (χ3n) is 2.52. The molecule has 0 radical (unpaired) electrons. The summed E-state index contributed by atoms with van der Waals surface area (Å²) in [5.74, 6) is 1.06. The van der Waals surface area contributed by atoms with Crippen LogP contribution in [0.15, 0.2) is 36.4 Å². The van der Waals surface area contributed by atoms with E-state index in [0.717, 1.165) is 17.7 Å². The Morgan fingerprint density at radius 3 is 2.50 bits per heavy atom. The van der Waals surface area contributed by atoms with Gasteiger partial charge in [-0.15, -0.1) is 0 Å². The minimum absolute atomic E-state index is 0.0286. The monoisotopic (exact) mass is 188 g/mol. The molecular weight excluding hydrogens is 176 g/mol. The van der Waals surface area contributed by atoms with E-state index in [0.29, 0.717) is 0 Å². The van der Waals surface area contributed by atoms with E-state index in [4.69, 9.17) is 4.74 Å². The molecule has 0 saturated heterocycles. The highest BCUT2D eigenvalue weighted by atomic mass is 16.5. The van der Waals surface area contributed by atoms with Crippen LogP contribution < -0.4 is 4.74 Å². The molecule has 1 aromatic rings. The number of ether oxygens (including phenoxy) is 1. The fourth-order valence-electron chi connectivity index (χ4n) is 1.69. The molecule has 2 nitrogen and oxygen atoms in total. The summed E-state index contributed by atoms with van der Waals surface area (Å²) in [4.78, 5) is 11.4. The van der Waals surface area contributed by atoms with E-state index in [1.54, 1.807) is 13.2 Å².